The van der Waals surface area contributed by atoms with Gasteiger partial charge in [0.25, 0.3) is 5.91 Å². The van der Waals surface area contributed by atoms with Gasteiger partial charge in [-0.05, 0) is 13.0 Å². The molecule has 1 N–H and O–H groups in total. The second-order valence-electron chi connectivity index (χ2n) is 6.21. The fourth-order valence-corrected chi connectivity index (χ4v) is 2.87. The quantitative estimate of drug-likeness (QED) is 0.846. The van der Waals surface area contributed by atoms with Crippen LogP contribution in [0.3, 0.4) is 0 Å². The van der Waals surface area contributed by atoms with E-state index in [0.29, 0.717) is 44.2 Å². The molecule has 2 amide bonds. The van der Waals surface area contributed by atoms with Gasteiger partial charge in [0, 0.05) is 44.4 Å². The van der Waals surface area contributed by atoms with Crippen molar-refractivity contribution in [1.29, 1.82) is 0 Å². The average Bonchev–Trinajstić information content (AvgIpc) is 2.73. The molecule has 1 aromatic carbocycles. The van der Waals surface area contributed by atoms with E-state index in [1.54, 1.807) is 41.0 Å². The van der Waals surface area contributed by atoms with Gasteiger partial charge in [0.15, 0.2) is 0 Å². The monoisotopic (exact) mass is 387 g/mol. The summed E-state index contributed by atoms with van der Waals surface area (Å²) < 4.78 is 18.7. The molecule has 9 heteroatoms. The molecule has 0 aliphatic carbocycles. The van der Waals surface area contributed by atoms with E-state index in [-0.39, 0.29) is 30.1 Å². The van der Waals surface area contributed by atoms with Crippen LogP contribution in [0.15, 0.2) is 36.7 Å². The van der Waals surface area contributed by atoms with E-state index < -0.39 is 0 Å². The molecule has 3 rings (SSSR count). The Morgan fingerprint density at radius 2 is 1.86 bits per heavy atom. The summed E-state index contributed by atoms with van der Waals surface area (Å²) in [6, 6.07) is 7.99. The number of piperazine rings is 1. The molecule has 1 fully saturated rings. The minimum Gasteiger partial charge on any atom is -0.450 e. The van der Waals surface area contributed by atoms with Gasteiger partial charge in [0.2, 0.25) is 0 Å². The van der Waals surface area contributed by atoms with Crippen molar-refractivity contribution < 1.29 is 18.7 Å². The molecule has 1 aromatic heterocycles. The van der Waals surface area contributed by atoms with Gasteiger partial charge in [0.05, 0.1) is 6.61 Å². The first-order chi connectivity index (χ1) is 13.6. The predicted octanol–water partition coefficient (Wildman–Crippen LogP) is 2.14. The molecule has 0 atom stereocenters. The lowest BCUT2D eigenvalue weighted by Crippen LogP contribution is -2.50. The van der Waals surface area contributed by atoms with Crippen LogP contribution in [-0.2, 0) is 11.3 Å². The van der Waals surface area contributed by atoms with Crippen molar-refractivity contribution in [3.8, 4) is 0 Å². The summed E-state index contributed by atoms with van der Waals surface area (Å²) in [5.41, 5.74) is 0.750. The zero-order chi connectivity index (χ0) is 19.9. The van der Waals surface area contributed by atoms with Gasteiger partial charge in [0.1, 0.15) is 23.7 Å². The molecular formula is C19H22FN5O3. The second kappa shape index (κ2) is 9.12. The number of ether oxygens (including phenoxy) is 1. The highest BCUT2D eigenvalue weighted by atomic mass is 19.1. The number of carbonyl (C=O) groups excluding carboxylic acids is 2. The molecule has 0 radical (unpaired) electrons. The highest BCUT2D eigenvalue weighted by Crippen LogP contribution is 2.13. The summed E-state index contributed by atoms with van der Waals surface area (Å²) in [5.74, 6) is -0.105. The van der Waals surface area contributed by atoms with Crippen LogP contribution in [0.5, 0.6) is 0 Å². The SMILES string of the molecule is CCOC(=O)N1CCN(C(=O)c2cc(NCc3ccccc3F)ncn2)CC1. The summed E-state index contributed by atoms with van der Waals surface area (Å²) in [6.07, 6.45) is 0.933. The van der Waals surface area contributed by atoms with Gasteiger partial charge < -0.3 is 19.9 Å². The largest absolute Gasteiger partial charge is 0.450 e. The number of anilines is 1. The van der Waals surface area contributed by atoms with Crippen LogP contribution in [0.25, 0.3) is 0 Å². The van der Waals surface area contributed by atoms with Crippen LogP contribution < -0.4 is 5.32 Å². The maximum Gasteiger partial charge on any atom is 0.409 e. The number of benzene rings is 1. The molecule has 1 aliphatic heterocycles. The van der Waals surface area contributed by atoms with Gasteiger partial charge in [-0.1, -0.05) is 18.2 Å². The number of hydrogen-bond acceptors (Lipinski definition) is 6. The van der Waals surface area contributed by atoms with Crippen LogP contribution in [0.2, 0.25) is 0 Å². The number of hydrogen-bond donors (Lipinski definition) is 1. The van der Waals surface area contributed by atoms with E-state index in [1.807, 2.05) is 0 Å². The maximum atomic E-state index is 13.7. The number of nitrogens with zero attached hydrogens (tertiary/aromatic N) is 4. The Balaban J connectivity index is 1.58. The first-order valence-corrected chi connectivity index (χ1v) is 9.08. The number of aromatic nitrogens is 2. The molecule has 2 heterocycles. The Morgan fingerprint density at radius 1 is 1.14 bits per heavy atom. The van der Waals surface area contributed by atoms with Crippen molar-refractivity contribution in [1.82, 2.24) is 19.8 Å². The summed E-state index contributed by atoms with van der Waals surface area (Å²) in [6.45, 7) is 3.95. The Kier molecular flexibility index (Phi) is 6.36. The minimum atomic E-state index is -0.365. The van der Waals surface area contributed by atoms with E-state index in [1.165, 1.54) is 12.4 Å². The van der Waals surface area contributed by atoms with Gasteiger partial charge in [-0.2, -0.15) is 0 Å². The van der Waals surface area contributed by atoms with Gasteiger partial charge in [-0.3, -0.25) is 4.79 Å². The number of nitrogens with one attached hydrogen (secondary N) is 1. The minimum absolute atomic E-state index is 0.236. The van der Waals surface area contributed by atoms with E-state index >= 15 is 0 Å². The van der Waals surface area contributed by atoms with E-state index in [2.05, 4.69) is 15.3 Å². The molecule has 0 spiro atoms. The number of halogens is 1. The number of rotatable bonds is 5. The van der Waals surface area contributed by atoms with Crippen LogP contribution in [0.1, 0.15) is 23.0 Å². The van der Waals surface area contributed by atoms with Gasteiger partial charge >= 0.3 is 6.09 Å². The van der Waals surface area contributed by atoms with Crippen LogP contribution in [0, 0.1) is 5.82 Å². The van der Waals surface area contributed by atoms with E-state index in [4.69, 9.17) is 4.74 Å². The Hall–Kier alpha value is -3.23. The van der Waals surface area contributed by atoms with Crippen molar-refractivity contribution in [3.05, 3.63) is 53.7 Å². The fraction of sp³-hybridized carbons (Fsp3) is 0.368. The zero-order valence-electron chi connectivity index (χ0n) is 15.6. The van der Waals surface area contributed by atoms with Crippen molar-refractivity contribution in [2.75, 3.05) is 38.1 Å². The topological polar surface area (TPSA) is 87.7 Å². The Bertz CT molecular complexity index is 840. The van der Waals surface area contributed by atoms with Crippen molar-refractivity contribution in [2.24, 2.45) is 0 Å². The maximum absolute atomic E-state index is 13.7. The van der Waals surface area contributed by atoms with Crippen molar-refractivity contribution in [3.63, 3.8) is 0 Å². The third-order valence-corrected chi connectivity index (χ3v) is 4.40. The molecule has 28 heavy (non-hydrogen) atoms. The highest BCUT2D eigenvalue weighted by Gasteiger charge is 2.26. The lowest BCUT2D eigenvalue weighted by Gasteiger charge is -2.33. The standard InChI is InChI=1S/C19H22FN5O3/c1-2-28-19(27)25-9-7-24(8-10-25)18(26)16-11-17(23-13-22-16)21-12-14-5-3-4-6-15(14)20/h3-6,11,13H,2,7-10,12H2,1H3,(H,21,22,23). The summed E-state index contributed by atoms with van der Waals surface area (Å²) >= 11 is 0. The number of carbonyl (C=O) groups is 2. The van der Waals surface area contributed by atoms with Gasteiger partial charge in [-0.15, -0.1) is 0 Å². The smallest absolute Gasteiger partial charge is 0.409 e. The molecule has 0 unspecified atom stereocenters. The molecule has 2 aromatic rings. The zero-order valence-corrected chi connectivity index (χ0v) is 15.6. The van der Waals surface area contributed by atoms with Crippen LogP contribution >= 0.6 is 0 Å². The lowest BCUT2D eigenvalue weighted by molar-refractivity contribution is 0.0566. The Morgan fingerprint density at radius 3 is 2.57 bits per heavy atom. The first kappa shape index (κ1) is 19.5. The van der Waals surface area contributed by atoms with Gasteiger partial charge in [-0.25, -0.2) is 19.2 Å². The molecule has 0 bridgehead atoms. The molecule has 1 aliphatic rings. The third kappa shape index (κ3) is 4.73. The summed E-state index contributed by atoms with van der Waals surface area (Å²) in [4.78, 5) is 35.8. The Labute approximate surface area is 162 Å². The molecule has 8 nitrogen and oxygen atoms in total. The van der Waals surface area contributed by atoms with E-state index in [0.717, 1.165) is 0 Å². The molecular weight excluding hydrogens is 365 g/mol. The third-order valence-electron chi connectivity index (χ3n) is 4.40. The highest BCUT2D eigenvalue weighted by molar-refractivity contribution is 5.93. The fourth-order valence-electron chi connectivity index (χ4n) is 2.87. The van der Waals surface area contributed by atoms with Crippen LogP contribution in [-0.4, -0.2) is 64.6 Å². The van der Waals surface area contributed by atoms with Crippen LogP contribution in [0.4, 0.5) is 15.0 Å². The van der Waals surface area contributed by atoms with Crippen molar-refractivity contribution in [2.45, 2.75) is 13.5 Å². The summed E-state index contributed by atoms with van der Waals surface area (Å²) in [7, 11) is 0. The lowest BCUT2D eigenvalue weighted by atomic mass is 10.2. The van der Waals surface area contributed by atoms with Crippen molar-refractivity contribution >= 4 is 17.8 Å². The molecule has 0 saturated carbocycles. The average molecular weight is 387 g/mol. The number of amides is 2. The van der Waals surface area contributed by atoms with E-state index in [9.17, 15) is 14.0 Å². The summed E-state index contributed by atoms with van der Waals surface area (Å²) in [5, 5.41) is 3.00. The second-order valence-corrected chi connectivity index (χ2v) is 6.21. The first-order valence-electron chi connectivity index (χ1n) is 9.08. The molecule has 148 valence electrons. The predicted molar refractivity (Wildman–Crippen MR) is 100 cm³/mol. The normalized spacial score (nSPS) is 13.9. The molecule has 1 saturated heterocycles.